The molecule has 1 unspecified atom stereocenters. The van der Waals surface area contributed by atoms with Gasteiger partial charge < -0.3 is 0 Å². The van der Waals surface area contributed by atoms with Gasteiger partial charge in [-0.2, -0.15) is 5.26 Å². The highest BCUT2D eigenvalue weighted by Crippen LogP contribution is 2.18. The molecule has 0 amide bonds. The molecule has 1 heterocycles. The Balaban J connectivity index is 2.76. The van der Waals surface area contributed by atoms with Crippen molar-refractivity contribution in [3.63, 3.8) is 0 Å². The van der Waals surface area contributed by atoms with Crippen LogP contribution in [0.1, 0.15) is 17.0 Å². The lowest BCUT2D eigenvalue weighted by atomic mass is 10.2. The largest absolute Gasteiger partial charge is 0.228 e. The monoisotopic (exact) mass is 241 g/mol. The van der Waals surface area contributed by atoms with Gasteiger partial charge in [0.05, 0.1) is 6.07 Å². The zero-order chi connectivity index (χ0) is 11.4. The maximum atomic E-state index is 8.53. The van der Waals surface area contributed by atoms with Crippen molar-refractivity contribution in [2.45, 2.75) is 31.3 Å². The van der Waals surface area contributed by atoms with E-state index in [1.54, 1.807) is 0 Å². The van der Waals surface area contributed by atoms with Crippen LogP contribution in [0.25, 0.3) is 0 Å². The third-order valence-corrected chi connectivity index (χ3v) is 3.49. The topological polar surface area (TPSA) is 49.6 Å². The lowest BCUT2D eigenvalue weighted by Gasteiger charge is -2.06. The number of aryl methyl sites for hydroxylation is 2. The van der Waals surface area contributed by atoms with E-state index in [1.807, 2.05) is 26.8 Å². The fraction of sp³-hybridized carbons (Fsp3) is 0.500. The fourth-order valence-electron chi connectivity index (χ4n) is 0.991. The van der Waals surface area contributed by atoms with Crippen LogP contribution in [0.5, 0.6) is 0 Å². The molecule has 0 fully saturated rings. The molecule has 1 aromatic rings. The first-order valence-corrected chi connectivity index (χ1v) is 5.95. The summed E-state index contributed by atoms with van der Waals surface area (Å²) < 4.78 is 0. The Labute approximate surface area is 98.9 Å². The van der Waals surface area contributed by atoms with E-state index >= 15 is 0 Å². The van der Waals surface area contributed by atoms with Crippen molar-refractivity contribution in [1.29, 1.82) is 5.26 Å². The minimum Gasteiger partial charge on any atom is -0.228 e. The van der Waals surface area contributed by atoms with Crippen molar-refractivity contribution in [2.75, 3.05) is 5.75 Å². The predicted molar refractivity (Wildman–Crippen MR) is 62.2 cm³/mol. The van der Waals surface area contributed by atoms with Gasteiger partial charge in [-0.25, -0.2) is 9.97 Å². The maximum Gasteiger partial charge on any atom is 0.188 e. The number of nitriles is 1. The molecule has 0 saturated heterocycles. The maximum absolute atomic E-state index is 8.53. The summed E-state index contributed by atoms with van der Waals surface area (Å²) in [6, 6.07) is 1.96. The third kappa shape index (κ3) is 3.37. The average molecular weight is 242 g/mol. The Bertz CT molecular complexity index is 377. The van der Waals surface area contributed by atoms with E-state index in [2.05, 4.69) is 9.97 Å². The van der Waals surface area contributed by atoms with Gasteiger partial charge in [0.2, 0.25) is 0 Å². The molecule has 0 saturated carbocycles. The first-order valence-electron chi connectivity index (χ1n) is 4.53. The molecule has 5 heteroatoms. The van der Waals surface area contributed by atoms with Crippen LogP contribution in [0.2, 0.25) is 0 Å². The molecule has 1 aromatic heterocycles. The summed E-state index contributed by atoms with van der Waals surface area (Å²) in [7, 11) is 0. The van der Waals surface area contributed by atoms with Crippen LogP contribution >= 0.6 is 23.4 Å². The van der Waals surface area contributed by atoms with E-state index in [-0.39, 0.29) is 0 Å². The molecule has 0 aliphatic heterocycles. The number of hydrogen-bond donors (Lipinski definition) is 0. The fourth-order valence-corrected chi connectivity index (χ4v) is 1.95. The van der Waals surface area contributed by atoms with Gasteiger partial charge in [0.15, 0.2) is 5.16 Å². The molecular weight excluding hydrogens is 230 g/mol. The quantitative estimate of drug-likeness (QED) is 0.464. The standard InChI is InChI=1S/C10H12ClN3S/c1-6-7(2)13-10(14-8(6)3)15-5-9(11)4-12/h9H,5H2,1-3H3. The van der Waals surface area contributed by atoms with Crippen molar-refractivity contribution < 1.29 is 0 Å². The predicted octanol–water partition coefficient (Wildman–Crippen LogP) is 2.62. The summed E-state index contributed by atoms with van der Waals surface area (Å²) in [5.41, 5.74) is 3.07. The van der Waals surface area contributed by atoms with Crippen LogP contribution in [-0.4, -0.2) is 21.1 Å². The van der Waals surface area contributed by atoms with E-state index in [0.29, 0.717) is 10.9 Å². The summed E-state index contributed by atoms with van der Waals surface area (Å²) >= 11 is 7.10. The zero-order valence-electron chi connectivity index (χ0n) is 8.91. The third-order valence-electron chi connectivity index (χ3n) is 2.11. The minimum atomic E-state index is -0.486. The van der Waals surface area contributed by atoms with Gasteiger partial charge in [0, 0.05) is 17.1 Å². The highest BCUT2D eigenvalue weighted by Gasteiger charge is 2.08. The van der Waals surface area contributed by atoms with E-state index in [1.165, 1.54) is 11.8 Å². The summed E-state index contributed by atoms with van der Waals surface area (Å²) in [6.45, 7) is 5.91. The normalized spacial score (nSPS) is 12.2. The second-order valence-corrected chi connectivity index (χ2v) is 4.72. The van der Waals surface area contributed by atoms with Crippen molar-refractivity contribution in [3.8, 4) is 6.07 Å². The second-order valence-electron chi connectivity index (χ2n) is 3.21. The molecule has 0 N–H and O–H groups in total. The number of thioether (sulfide) groups is 1. The van der Waals surface area contributed by atoms with Crippen LogP contribution in [0, 0.1) is 32.1 Å². The zero-order valence-corrected chi connectivity index (χ0v) is 10.5. The van der Waals surface area contributed by atoms with E-state index in [4.69, 9.17) is 16.9 Å². The molecule has 0 aliphatic carbocycles. The van der Waals surface area contributed by atoms with E-state index in [0.717, 1.165) is 17.0 Å². The molecule has 80 valence electrons. The molecule has 1 atom stereocenters. The second kappa shape index (κ2) is 5.34. The smallest absolute Gasteiger partial charge is 0.188 e. The molecule has 0 spiro atoms. The lowest BCUT2D eigenvalue weighted by Crippen LogP contribution is -2.02. The van der Waals surface area contributed by atoms with Crippen LogP contribution in [0.15, 0.2) is 5.16 Å². The van der Waals surface area contributed by atoms with Gasteiger partial charge in [-0.05, 0) is 26.3 Å². The number of rotatable bonds is 3. The summed E-state index contributed by atoms with van der Waals surface area (Å²) in [6.07, 6.45) is 0. The Morgan fingerprint density at radius 2 is 1.87 bits per heavy atom. The lowest BCUT2D eigenvalue weighted by molar-refractivity contribution is 0.880. The number of alkyl halides is 1. The van der Waals surface area contributed by atoms with E-state index < -0.39 is 5.38 Å². The van der Waals surface area contributed by atoms with Crippen molar-refractivity contribution in [3.05, 3.63) is 17.0 Å². The number of nitrogens with zero attached hydrogens (tertiary/aromatic N) is 3. The van der Waals surface area contributed by atoms with Crippen molar-refractivity contribution in [1.82, 2.24) is 9.97 Å². The molecule has 15 heavy (non-hydrogen) atoms. The molecule has 3 nitrogen and oxygen atoms in total. The number of aromatic nitrogens is 2. The molecule has 1 rings (SSSR count). The molecule has 0 aromatic carbocycles. The SMILES string of the molecule is Cc1nc(SCC(Cl)C#N)nc(C)c1C. The van der Waals surface area contributed by atoms with Crippen LogP contribution in [-0.2, 0) is 0 Å². The highest BCUT2D eigenvalue weighted by atomic mass is 35.5. The molecule has 0 aliphatic rings. The molecular formula is C10H12ClN3S. The van der Waals surface area contributed by atoms with Crippen LogP contribution in [0.4, 0.5) is 0 Å². The van der Waals surface area contributed by atoms with Gasteiger partial charge in [0.25, 0.3) is 0 Å². The van der Waals surface area contributed by atoms with Gasteiger partial charge in [-0.15, -0.1) is 11.6 Å². The first kappa shape index (κ1) is 12.3. The molecule has 0 radical (unpaired) electrons. The number of halogens is 1. The van der Waals surface area contributed by atoms with Crippen molar-refractivity contribution in [2.24, 2.45) is 0 Å². The average Bonchev–Trinajstić information content (AvgIpc) is 2.22. The van der Waals surface area contributed by atoms with Gasteiger partial charge in [0.1, 0.15) is 5.38 Å². The van der Waals surface area contributed by atoms with Crippen LogP contribution < -0.4 is 0 Å². The van der Waals surface area contributed by atoms with Gasteiger partial charge in [-0.3, -0.25) is 0 Å². The van der Waals surface area contributed by atoms with Crippen LogP contribution in [0.3, 0.4) is 0 Å². The van der Waals surface area contributed by atoms with Gasteiger partial charge in [-0.1, -0.05) is 11.8 Å². The Morgan fingerprint density at radius 1 is 1.33 bits per heavy atom. The molecule has 0 bridgehead atoms. The first-order chi connectivity index (χ1) is 7.04. The van der Waals surface area contributed by atoms with Crippen molar-refractivity contribution >= 4 is 23.4 Å². The highest BCUT2D eigenvalue weighted by molar-refractivity contribution is 7.99. The van der Waals surface area contributed by atoms with Gasteiger partial charge >= 0.3 is 0 Å². The Morgan fingerprint density at radius 3 is 2.33 bits per heavy atom. The summed E-state index contributed by atoms with van der Waals surface area (Å²) in [5.74, 6) is 0.514. The number of hydrogen-bond acceptors (Lipinski definition) is 4. The Hall–Kier alpha value is -0.790. The minimum absolute atomic E-state index is 0.486. The Kier molecular flexibility index (Phi) is 4.37. The summed E-state index contributed by atoms with van der Waals surface area (Å²) in [4.78, 5) is 8.65. The summed E-state index contributed by atoms with van der Waals surface area (Å²) in [5, 5.41) is 8.74. The van der Waals surface area contributed by atoms with E-state index in [9.17, 15) is 0 Å².